The number of piperidine rings is 1. The molecule has 1 aromatic heterocycles. The average Bonchev–Trinajstić information content (AvgIpc) is 3.01. The summed E-state index contributed by atoms with van der Waals surface area (Å²) in [6.07, 6.45) is 3.92. The summed E-state index contributed by atoms with van der Waals surface area (Å²) < 4.78 is 6.08. The number of carbonyl (C=O) groups is 1. The van der Waals surface area contributed by atoms with Gasteiger partial charge >= 0.3 is 5.97 Å². The number of benzene rings is 2. The molecule has 2 aliphatic heterocycles. The molecule has 0 atom stereocenters. The minimum atomic E-state index is -0.742. The van der Waals surface area contributed by atoms with Crippen molar-refractivity contribution in [3.8, 4) is 11.8 Å². The van der Waals surface area contributed by atoms with Gasteiger partial charge in [0.1, 0.15) is 12.4 Å². The number of nitrogens with zero attached hydrogens (tertiary/aromatic N) is 6. The van der Waals surface area contributed by atoms with Crippen LogP contribution in [0.4, 0.5) is 5.95 Å². The molecule has 0 aliphatic carbocycles. The van der Waals surface area contributed by atoms with E-state index in [2.05, 4.69) is 34.7 Å². The lowest BCUT2D eigenvalue weighted by molar-refractivity contribution is -0.138. The highest BCUT2D eigenvalue weighted by Crippen LogP contribution is 2.34. The highest BCUT2D eigenvalue weighted by atomic mass is 35.5. The van der Waals surface area contributed by atoms with E-state index in [1.165, 1.54) is 0 Å². The number of likely N-dealkylation sites (tertiary alicyclic amines) is 1. The number of hydrogen-bond acceptors (Lipinski definition) is 8. The molecule has 10 heteroatoms. The Balaban J connectivity index is 1.11. The van der Waals surface area contributed by atoms with Crippen LogP contribution in [-0.2, 0) is 16.8 Å². The minimum absolute atomic E-state index is 0.149. The molecule has 2 fully saturated rings. The van der Waals surface area contributed by atoms with E-state index >= 15 is 0 Å². The molecule has 0 unspecified atom stereocenters. The predicted molar refractivity (Wildman–Crippen MR) is 167 cm³/mol. The summed E-state index contributed by atoms with van der Waals surface area (Å²) in [5.41, 5.74) is 3.12. The fourth-order valence-corrected chi connectivity index (χ4v) is 6.17. The normalized spacial score (nSPS) is 17.0. The van der Waals surface area contributed by atoms with Gasteiger partial charge in [0.15, 0.2) is 0 Å². The molecule has 3 aromatic rings. The summed E-state index contributed by atoms with van der Waals surface area (Å²) in [5.74, 6) is 1.37. The molecule has 0 amide bonds. The van der Waals surface area contributed by atoms with Crippen LogP contribution in [0.25, 0.3) is 0 Å². The number of piperazine rings is 1. The van der Waals surface area contributed by atoms with Crippen molar-refractivity contribution < 1.29 is 14.6 Å². The van der Waals surface area contributed by atoms with Gasteiger partial charge in [0.05, 0.1) is 23.9 Å². The number of hydrogen-bond donors (Lipinski definition) is 1. The number of carboxylic acid groups (broad SMARTS) is 1. The van der Waals surface area contributed by atoms with E-state index in [9.17, 15) is 10.1 Å². The molecule has 2 aromatic carbocycles. The number of nitriles is 1. The fourth-order valence-electron chi connectivity index (χ4n) is 5.94. The second kappa shape index (κ2) is 13.7. The molecule has 0 saturated carbocycles. The van der Waals surface area contributed by atoms with Gasteiger partial charge in [0.25, 0.3) is 0 Å². The molecule has 0 bridgehead atoms. The predicted octanol–water partition coefficient (Wildman–Crippen LogP) is 4.83. The summed E-state index contributed by atoms with van der Waals surface area (Å²) >= 11 is 6.26. The fraction of sp³-hybridized carbons (Fsp3) is 0.455. The second-order valence-electron chi connectivity index (χ2n) is 12.0. The second-order valence-corrected chi connectivity index (χ2v) is 12.5. The largest absolute Gasteiger partial charge is 0.487 e. The van der Waals surface area contributed by atoms with E-state index in [1.807, 2.05) is 47.4 Å². The Morgan fingerprint density at radius 2 is 1.74 bits per heavy atom. The third-order valence-corrected chi connectivity index (χ3v) is 8.87. The molecule has 226 valence electrons. The Morgan fingerprint density at radius 1 is 1.02 bits per heavy atom. The van der Waals surface area contributed by atoms with E-state index in [0.29, 0.717) is 23.1 Å². The van der Waals surface area contributed by atoms with Gasteiger partial charge in [0.2, 0.25) is 5.95 Å². The maximum absolute atomic E-state index is 11.0. The molecular formula is C33H39ClN6O3. The van der Waals surface area contributed by atoms with Crippen LogP contribution in [0.1, 0.15) is 49.1 Å². The van der Waals surface area contributed by atoms with Gasteiger partial charge in [-0.15, -0.1) is 0 Å². The quantitative estimate of drug-likeness (QED) is 0.349. The Kier molecular flexibility index (Phi) is 9.81. The molecule has 5 rings (SSSR count). The number of aliphatic carboxylic acids is 1. The standard InChI is InChI=1S/C33H39ClN6O3/c1-33(2,27-17-25(20-35)18-28(34)19-27)26-3-5-30(6-4-26)43-23-29-7-10-36-32(37-29)40-15-13-39(14-16-40)21-24-8-11-38(12-9-24)22-31(41)42/h3-7,10,17-19,24H,8-9,11-16,21-23H2,1-2H3,(H,41,42). The molecule has 1 N–H and O–H groups in total. The first-order valence-corrected chi connectivity index (χ1v) is 15.3. The molecule has 0 spiro atoms. The van der Waals surface area contributed by atoms with Crippen molar-refractivity contribution in [3.05, 3.63) is 82.1 Å². The lowest BCUT2D eigenvalue weighted by Gasteiger charge is -2.38. The van der Waals surface area contributed by atoms with Gasteiger partial charge in [-0.05, 0) is 79.4 Å². The minimum Gasteiger partial charge on any atom is -0.487 e. The van der Waals surface area contributed by atoms with E-state index in [4.69, 9.17) is 26.4 Å². The first-order valence-electron chi connectivity index (χ1n) is 14.9. The van der Waals surface area contributed by atoms with Crippen molar-refractivity contribution in [2.24, 2.45) is 5.92 Å². The zero-order valence-electron chi connectivity index (χ0n) is 24.9. The van der Waals surface area contributed by atoms with Crippen LogP contribution in [0.5, 0.6) is 5.75 Å². The highest BCUT2D eigenvalue weighted by molar-refractivity contribution is 6.30. The van der Waals surface area contributed by atoms with E-state index in [0.717, 1.165) is 87.2 Å². The molecule has 2 aliphatic rings. The Morgan fingerprint density at radius 3 is 2.42 bits per heavy atom. The number of anilines is 1. The van der Waals surface area contributed by atoms with Crippen LogP contribution in [0.2, 0.25) is 5.02 Å². The van der Waals surface area contributed by atoms with Gasteiger partial charge in [-0.25, -0.2) is 9.97 Å². The van der Waals surface area contributed by atoms with Crippen LogP contribution in [-0.4, -0.2) is 83.2 Å². The van der Waals surface area contributed by atoms with E-state index in [1.54, 1.807) is 12.3 Å². The summed E-state index contributed by atoms with van der Waals surface area (Å²) in [6, 6.07) is 17.6. The van der Waals surface area contributed by atoms with Gasteiger partial charge in [-0.2, -0.15) is 5.26 Å². The average molecular weight is 603 g/mol. The number of halogens is 1. The Bertz CT molecular complexity index is 1440. The maximum atomic E-state index is 11.0. The van der Waals surface area contributed by atoms with Crippen LogP contribution in [0.15, 0.2) is 54.7 Å². The first-order chi connectivity index (χ1) is 20.7. The third kappa shape index (κ3) is 8.02. The van der Waals surface area contributed by atoms with Crippen molar-refractivity contribution in [1.29, 1.82) is 5.26 Å². The Hall–Kier alpha value is -3.71. The van der Waals surface area contributed by atoms with Crippen LogP contribution in [0.3, 0.4) is 0 Å². The summed E-state index contributed by atoms with van der Waals surface area (Å²) in [6.45, 7) is 11.2. The Labute approximate surface area is 258 Å². The zero-order valence-corrected chi connectivity index (χ0v) is 25.6. The zero-order chi connectivity index (χ0) is 30.4. The summed E-state index contributed by atoms with van der Waals surface area (Å²) in [4.78, 5) is 27.1. The lowest BCUT2D eigenvalue weighted by Crippen LogP contribution is -2.49. The van der Waals surface area contributed by atoms with Gasteiger partial charge < -0.3 is 14.7 Å². The van der Waals surface area contributed by atoms with Crippen LogP contribution >= 0.6 is 11.6 Å². The maximum Gasteiger partial charge on any atom is 0.317 e. The monoisotopic (exact) mass is 602 g/mol. The third-order valence-electron chi connectivity index (χ3n) is 8.65. The summed E-state index contributed by atoms with van der Waals surface area (Å²) in [7, 11) is 0. The molecular weight excluding hydrogens is 564 g/mol. The summed E-state index contributed by atoms with van der Waals surface area (Å²) in [5, 5.41) is 18.9. The molecule has 2 saturated heterocycles. The van der Waals surface area contributed by atoms with Crippen LogP contribution < -0.4 is 9.64 Å². The van der Waals surface area contributed by atoms with Gasteiger partial charge in [-0.1, -0.05) is 37.6 Å². The van der Waals surface area contributed by atoms with Crippen molar-refractivity contribution in [1.82, 2.24) is 19.8 Å². The van der Waals surface area contributed by atoms with Crippen LogP contribution in [0, 0.1) is 17.2 Å². The SMILES string of the molecule is CC(C)(c1ccc(OCc2ccnc(N3CCN(CC4CCN(CC(=O)O)CC4)CC3)n2)cc1)c1cc(Cl)cc(C#N)c1. The van der Waals surface area contributed by atoms with E-state index in [-0.39, 0.29) is 12.0 Å². The van der Waals surface area contributed by atoms with Crippen molar-refractivity contribution >= 4 is 23.5 Å². The highest BCUT2D eigenvalue weighted by Gasteiger charge is 2.26. The van der Waals surface area contributed by atoms with Crippen molar-refractivity contribution in [2.75, 3.05) is 57.3 Å². The van der Waals surface area contributed by atoms with Crippen molar-refractivity contribution in [2.45, 2.75) is 38.7 Å². The first kappa shape index (κ1) is 30.7. The molecule has 3 heterocycles. The lowest BCUT2D eigenvalue weighted by atomic mass is 9.78. The molecule has 9 nitrogen and oxygen atoms in total. The number of carboxylic acids is 1. The van der Waals surface area contributed by atoms with Crippen molar-refractivity contribution in [3.63, 3.8) is 0 Å². The number of aromatic nitrogens is 2. The number of ether oxygens (including phenoxy) is 1. The molecule has 0 radical (unpaired) electrons. The number of rotatable bonds is 10. The van der Waals surface area contributed by atoms with E-state index < -0.39 is 5.97 Å². The molecule has 43 heavy (non-hydrogen) atoms. The van der Waals surface area contributed by atoms with Gasteiger partial charge in [0, 0.05) is 49.4 Å². The smallest absolute Gasteiger partial charge is 0.317 e. The van der Waals surface area contributed by atoms with Gasteiger partial charge in [-0.3, -0.25) is 14.6 Å². The topological polar surface area (TPSA) is 106 Å².